The lowest BCUT2D eigenvalue weighted by Crippen LogP contribution is -2.36. The number of hydrogen-bond acceptors (Lipinski definition) is 6. The van der Waals surface area contributed by atoms with Gasteiger partial charge in [0.1, 0.15) is 23.0 Å². The number of aromatic nitrogens is 4. The average Bonchev–Trinajstić information content (AvgIpc) is 1.46. The lowest BCUT2D eigenvalue weighted by atomic mass is 9.63. The van der Waals surface area contributed by atoms with Crippen LogP contribution in [0.25, 0.3) is 145 Å². The van der Waals surface area contributed by atoms with E-state index in [0.29, 0.717) is 11.6 Å². The molecule has 16 aromatic carbocycles. The van der Waals surface area contributed by atoms with Crippen molar-refractivity contribution in [2.24, 2.45) is 0 Å². The highest BCUT2D eigenvalue weighted by Gasteiger charge is 2.54. The highest BCUT2D eigenvalue weighted by molar-refractivity contribution is 5.98. The summed E-state index contributed by atoms with van der Waals surface area (Å²) in [7, 11) is 0. The molecule has 6 heteroatoms. The second kappa shape index (κ2) is 26.9. The van der Waals surface area contributed by atoms with Crippen LogP contribution >= 0.6 is 0 Å². The van der Waals surface area contributed by atoms with E-state index in [2.05, 4.69) is 388 Å². The predicted molar refractivity (Wildman–Crippen MR) is 469 cm³/mol. The molecule has 116 heavy (non-hydrogen) atoms. The maximum absolute atomic E-state index is 7.34. The van der Waals surface area contributed by atoms with Crippen LogP contribution in [0.2, 0.25) is 0 Å². The summed E-state index contributed by atoms with van der Waals surface area (Å²) in [6.45, 7) is 0. The Morgan fingerprint density at radius 3 is 1.37 bits per heavy atom. The third-order valence-electron chi connectivity index (χ3n) is 24.6. The topological polar surface area (TPSA) is 70.0 Å². The molecule has 2 aliphatic heterocycles. The molecule has 0 N–H and O–H groups in total. The van der Waals surface area contributed by atoms with Gasteiger partial charge < -0.3 is 9.47 Å². The van der Waals surface area contributed by atoms with Gasteiger partial charge in [-0.25, -0.2) is 19.9 Å². The Balaban J connectivity index is 0.600. The van der Waals surface area contributed by atoms with E-state index >= 15 is 0 Å². The van der Waals surface area contributed by atoms with E-state index in [-0.39, 0.29) is 5.92 Å². The van der Waals surface area contributed by atoms with Gasteiger partial charge in [0, 0.05) is 67.1 Å². The maximum atomic E-state index is 7.34. The summed E-state index contributed by atoms with van der Waals surface area (Å²) in [4.78, 5) is 21.5. The molecule has 0 fully saturated rings. The summed E-state index contributed by atoms with van der Waals surface area (Å²) in [5.41, 5.74) is 32.4. The van der Waals surface area contributed by atoms with Gasteiger partial charge in [0.05, 0.1) is 33.6 Å². The second-order valence-corrected chi connectivity index (χ2v) is 30.9. The minimum atomic E-state index is -0.736. The molecule has 23 rings (SSSR count). The number of para-hydroxylation sites is 3. The monoisotopic (exact) mass is 1480 g/mol. The Morgan fingerprint density at radius 2 is 0.664 bits per heavy atom. The summed E-state index contributed by atoms with van der Waals surface area (Å²) >= 11 is 0. The highest BCUT2D eigenvalue weighted by atomic mass is 16.5. The largest absolute Gasteiger partial charge is 0.460 e. The smallest absolute Gasteiger partial charge is 0.160 e. The van der Waals surface area contributed by atoms with Gasteiger partial charge in [-0.05, 0) is 155 Å². The fraction of sp³-hybridized carbons (Fsp3) is 0.0364. The Bertz CT molecular complexity index is 7070. The molecule has 4 heterocycles. The van der Waals surface area contributed by atoms with Crippen molar-refractivity contribution in [1.82, 2.24) is 19.9 Å². The van der Waals surface area contributed by atoms with Gasteiger partial charge in [-0.3, -0.25) is 0 Å². The normalized spacial score (nSPS) is 15.3. The van der Waals surface area contributed by atoms with E-state index in [1.165, 1.54) is 55.6 Å². The van der Waals surface area contributed by atoms with Crippen molar-refractivity contribution in [2.75, 3.05) is 0 Å². The van der Waals surface area contributed by atoms with Crippen molar-refractivity contribution in [3.05, 3.63) is 462 Å². The van der Waals surface area contributed by atoms with Crippen LogP contribution in [0.1, 0.15) is 56.8 Å². The SMILES string of the molecule is C1=CC2=C(Oc3ccccc3C23c2ccccc2-c2ccccc23)C(c2cccc(-c3cc(-c4ccc(-c5cccc(-c6ccc7c(c6)C6(c8ccccc8Oc8c(-c9cccc(-c%10cc(-c%11cccc%12ccccc%11%12)nc(-c%11ccccc%11)n%10)c9)cccc86)c6ccccc6-7)c5)cc4)nc(-c4ccc(-c5ccccc5)cc4)n3)c2)C1. The first-order valence-electron chi connectivity index (χ1n) is 39.9. The van der Waals surface area contributed by atoms with Gasteiger partial charge in [0.2, 0.25) is 0 Å². The molecule has 0 bridgehead atoms. The van der Waals surface area contributed by atoms with Crippen molar-refractivity contribution in [3.8, 4) is 152 Å². The Morgan fingerprint density at radius 1 is 0.250 bits per heavy atom. The number of fused-ring (bicyclic) bond motifs is 18. The standard InChI is InChI=1S/C110H70N4O2/c1-3-25-69(26-4-1)70-55-59-75(60-56-70)108-111-99(67-100(112-108)81-35-20-33-79(64-81)84-41-23-49-96-105(84)115-103-51-17-15-47-94(103)109(96)91-44-12-9-38-86(91)87-39-10-13-45-92(87)109)73-57-53-71(54-58-73)76-31-19-32-77(63-76)78-61-62-89-88-40-11-14-46-93(88)110(98(89)66-78)95-48-16-18-52-104(95)116-106-85(42-24-50-97(106)110)80-34-21-36-82(65-80)101-68-102(114-107(113-101)74-28-5-2-6-29-74)90-43-22-30-72-27-7-8-37-83(72)90/h1-40,42-68,84H,41H2. The Hall–Kier alpha value is -15.0. The van der Waals surface area contributed by atoms with Gasteiger partial charge in [-0.15, -0.1) is 0 Å². The van der Waals surface area contributed by atoms with Gasteiger partial charge >= 0.3 is 0 Å². The van der Waals surface area contributed by atoms with E-state index in [0.717, 1.165) is 158 Å². The first-order valence-corrected chi connectivity index (χ1v) is 39.9. The third-order valence-corrected chi connectivity index (χ3v) is 24.6. The van der Waals surface area contributed by atoms with Gasteiger partial charge in [0.15, 0.2) is 11.6 Å². The Labute approximate surface area is 673 Å². The number of allylic oxidation sites excluding steroid dienone is 4. The fourth-order valence-corrected chi connectivity index (χ4v) is 19.4. The number of hydrogen-bond donors (Lipinski definition) is 0. The first kappa shape index (κ1) is 66.8. The van der Waals surface area contributed by atoms with Crippen molar-refractivity contribution in [1.29, 1.82) is 0 Å². The summed E-state index contributed by atoms with van der Waals surface area (Å²) in [5.74, 6) is 4.79. The lowest BCUT2D eigenvalue weighted by Gasteiger charge is -2.43. The van der Waals surface area contributed by atoms with Gasteiger partial charge in [0.25, 0.3) is 0 Å². The van der Waals surface area contributed by atoms with Crippen molar-refractivity contribution in [2.45, 2.75) is 23.2 Å². The van der Waals surface area contributed by atoms with Crippen LogP contribution < -0.4 is 9.47 Å². The zero-order chi connectivity index (χ0) is 76.4. The second-order valence-electron chi connectivity index (χ2n) is 30.9. The molecular weight excluding hydrogens is 1410 g/mol. The minimum Gasteiger partial charge on any atom is -0.460 e. The Kier molecular flexibility index (Phi) is 15.5. The minimum absolute atomic E-state index is 0.0635. The molecule has 2 unspecified atom stereocenters. The molecule has 0 saturated heterocycles. The van der Waals surface area contributed by atoms with Crippen LogP contribution in [0.3, 0.4) is 0 Å². The first-order chi connectivity index (χ1) is 57.5. The number of ether oxygens (including phenoxy) is 2. The third kappa shape index (κ3) is 10.6. The molecule has 542 valence electrons. The summed E-state index contributed by atoms with van der Waals surface area (Å²) in [6, 6.07) is 142. The zero-order valence-electron chi connectivity index (χ0n) is 63.1. The van der Waals surface area contributed by atoms with Crippen molar-refractivity contribution < 1.29 is 9.47 Å². The van der Waals surface area contributed by atoms with Crippen LogP contribution in [0, 0.1) is 0 Å². The lowest BCUT2D eigenvalue weighted by molar-refractivity contribution is 0.345. The average molecular weight is 1480 g/mol. The van der Waals surface area contributed by atoms with Crippen LogP contribution in [-0.2, 0) is 10.8 Å². The molecule has 0 saturated carbocycles. The number of rotatable bonds is 11. The maximum Gasteiger partial charge on any atom is 0.160 e. The van der Waals surface area contributed by atoms with E-state index in [4.69, 9.17) is 29.4 Å². The van der Waals surface area contributed by atoms with E-state index in [9.17, 15) is 0 Å². The molecule has 2 spiro atoms. The number of benzene rings is 16. The highest BCUT2D eigenvalue weighted by Crippen LogP contribution is 2.65. The van der Waals surface area contributed by atoms with Gasteiger partial charge in [-0.2, -0.15) is 0 Å². The summed E-state index contributed by atoms with van der Waals surface area (Å²) in [5, 5.41) is 2.30. The van der Waals surface area contributed by atoms with Crippen LogP contribution in [0.4, 0.5) is 0 Å². The van der Waals surface area contributed by atoms with Crippen molar-refractivity contribution in [3.63, 3.8) is 0 Å². The molecule has 0 radical (unpaired) electrons. The molecule has 3 aliphatic carbocycles. The van der Waals surface area contributed by atoms with E-state index < -0.39 is 10.8 Å². The molecule has 18 aromatic rings. The molecule has 2 aromatic heterocycles. The van der Waals surface area contributed by atoms with E-state index in [1.54, 1.807) is 0 Å². The predicted octanol–water partition coefficient (Wildman–Crippen LogP) is 27.3. The molecule has 0 amide bonds. The quantitative estimate of drug-likeness (QED) is 0.129. The van der Waals surface area contributed by atoms with Gasteiger partial charge in [-0.1, -0.05) is 358 Å². The summed E-state index contributed by atoms with van der Waals surface area (Å²) in [6.07, 6.45) is 5.48. The fourth-order valence-electron chi connectivity index (χ4n) is 19.4. The van der Waals surface area contributed by atoms with Crippen LogP contribution in [0.15, 0.2) is 418 Å². The molecular formula is C110H70N4O2. The summed E-state index contributed by atoms with van der Waals surface area (Å²) < 4.78 is 14.6. The van der Waals surface area contributed by atoms with Crippen molar-refractivity contribution >= 4 is 10.8 Å². The van der Waals surface area contributed by atoms with Crippen LogP contribution in [0.5, 0.6) is 17.2 Å². The van der Waals surface area contributed by atoms with E-state index in [1.807, 2.05) is 18.2 Å². The van der Waals surface area contributed by atoms with Crippen LogP contribution in [-0.4, -0.2) is 19.9 Å². The molecule has 2 atom stereocenters. The molecule has 6 nitrogen and oxygen atoms in total. The zero-order valence-corrected chi connectivity index (χ0v) is 63.1. The number of nitrogens with zero attached hydrogens (tertiary/aromatic N) is 4. The molecule has 5 aliphatic rings.